The molecule has 82 valence electrons. The molecule has 0 saturated carbocycles. The molecule has 1 fully saturated rings. The molecule has 0 bridgehead atoms. The van der Waals surface area contributed by atoms with Crippen LogP contribution in [0.2, 0.25) is 0 Å². The molecule has 0 aromatic rings. The summed E-state index contributed by atoms with van der Waals surface area (Å²) in [6.45, 7) is 6.77. The van der Waals surface area contributed by atoms with E-state index in [0.29, 0.717) is 13.0 Å². The van der Waals surface area contributed by atoms with Crippen molar-refractivity contribution in [2.75, 3.05) is 20.2 Å². The standard InChI is InChI=1S/C10H20N2O2/c1-8(7-13)6-12-9(14)5-10(2,3)11(12)4/h8,13H,5-7H2,1-4H3. The Morgan fingerprint density at radius 1 is 1.57 bits per heavy atom. The van der Waals surface area contributed by atoms with Crippen LogP contribution < -0.4 is 0 Å². The number of aliphatic hydroxyl groups excluding tert-OH is 1. The lowest BCUT2D eigenvalue weighted by Gasteiger charge is -2.33. The summed E-state index contributed by atoms with van der Waals surface area (Å²) in [6.07, 6.45) is 0.557. The van der Waals surface area contributed by atoms with Gasteiger partial charge >= 0.3 is 0 Å². The number of hydrogen-bond donors (Lipinski definition) is 1. The Morgan fingerprint density at radius 3 is 2.50 bits per heavy atom. The summed E-state index contributed by atoms with van der Waals surface area (Å²) in [5, 5.41) is 12.7. The fourth-order valence-corrected chi connectivity index (χ4v) is 1.65. The fraction of sp³-hybridized carbons (Fsp3) is 0.900. The van der Waals surface area contributed by atoms with E-state index in [1.54, 1.807) is 5.01 Å². The van der Waals surface area contributed by atoms with E-state index < -0.39 is 0 Å². The van der Waals surface area contributed by atoms with Gasteiger partial charge in [0, 0.05) is 32.2 Å². The predicted molar refractivity (Wildman–Crippen MR) is 54.4 cm³/mol. The molecule has 14 heavy (non-hydrogen) atoms. The summed E-state index contributed by atoms with van der Waals surface area (Å²) >= 11 is 0. The number of aliphatic hydroxyl groups is 1. The van der Waals surface area contributed by atoms with Crippen molar-refractivity contribution >= 4 is 5.91 Å². The topological polar surface area (TPSA) is 43.8 Å². The average molecular weight is 200 g/mol. The van der Waals surface area contributed by atoms with E-state index in [-0.39, 0.29) is 24.0 Å². The molecular formula is C10H20N2O2. The van der Waals surface area contributed by atoms with E-state index >= 15 is 0 Å². The maximum Gasteiger partial charge on any atom is 0.238 e. The second-order valence-electron chi connectivity index (χ2n) is 4.78. The van der Waals surface area contributed by atoms with Gasteiger partial charge in [-0.1, -0.05) is 6.92 Å². The van der Waals surface area contributed by atoms with Crippen molar-refractivity contribution in [2.45, 2.75) is 32.7 Å². The SMILES string of the molecule is CC(CO)CN1C(=O)CC(C)(C)N1C. The minimum atomic E-state index is -0.0910. The van der Waals surface area contributed by atoms with Gasteiger partial charge in [0.15, 0.2) is 0 Å². The zero-order valence-corrected chi connectivity index (χ0v) is 9.45. The van der Waals surface area contributed by atoms with Gasteiger partial charge in [0.05, 0.1) is 0 Å². The summed E-state index contributed by atoms with van der Waals surface area (Å²) in [5.41, 5.74) is -0.0910. The molecule has 1 N–H and O–H groups in total. The van der Waals surface area contributed by atoms with E-state index in [9.17, 15) is 4.79 Å². The molecule has 0 spiro atoms. The Bertz CT molecular complexity index is 228. The van der Waals surface area contributed by atoms with E-state index in [1.807, 2.05) is 19.0 Å². The molecule has 1 aliphatic rings. The van der Waals surface area contributed by atoms with Gasteiger partial charge in [-0.15, -0.1) is 0 Å². The van der Waals surface area contributed by atoms with Crippen LogP contribution in [0.5, 0.6) is 0 Å². The van der Waals surface area contributed by atoms with Crippen molar-refractivity contribution < 1.29 is 9.90 Å². The predicted octanol–water partition coefficient (Wildman–Crippen LogP) is 0.472. The molecule has 0 radical (unpaired) electrons. The minimum absolute atomic E-state index is 0.0910. The van der Waals surface area contributed by atoms with Gasteiger partial charge in [-0.25, -0.2) is 5.01 Å². The molecule has 0 aromatic heterocycles. The first-order valence-corrected chi connectivity index (χ1v) is 5.03. The van der Waals surface area contributed by atoms with Crippen molar-refractivity contribution in [3.8, 4) is 0 Å². The molecule has 1 saturated heterocycles. The second kappa shape index (κ2) is 3.87. The van der Waals surface area contributed by atoms with Crippen LogP contribution in [-0.4, -0.2) is 46.8 Å². The van der Waals surface area contributed by atoms with Gasteiger partial charge in [0.2, 0.25) is 5.91 Å². The number of nitrogens with zero attached hydrogens (tertiary/aromatic N) is 2. The van der Waals surface area contributed by atoms with Crippen molar-refractivity contribution in [3.05, 3.63) is 0 Å². The number of hydrogen-bond acceptors (Lipinski definition) is 3. The van der Waals surface area contributed by atoms with Crippen LogP contribution in [-0.2, 0) is 4.79 Å². The minimum Gasteiger partial charge on any atom is -0.396 e. The molecule has 1 rings (SSSR count). The first-order chi connectivity index (χ1) is 6.38. The number of hydrazine groups is 1. The van der Waals surface area contributed by atoms with Crippen LogP contribution in [0.25, 0.3) is 0 Å². The zero-order valence-electron chi connectivity index (χ0n) is 9.45. The Hall–Kier alpha value is -0.610. The molecule has 1 amide bonds. The summed E-state index contributed by atoms with van der Waals surface area (Å²) < 4.78 is 0. The van der Waals surface area contributed by atoms with Crippen LogP contribution in [0.1, 0.15) is 27.2 Å². The highest BCUT2D eigenvalue weighted by molar-refractivity contribution is 5.79. The van der Waals surface area contributed by atoms with E-state index in [0.717, 1.165) is 0 Å². The maximum absolute atomic E-state index is 11.7. The Kier molecular flexibility index (Phi) is 3.17. The molecule has 0 aromatic carbocycles. The quantitative estimate of drug-likeness (QED) is 0.720. The third-order valence-electron chi connectivity index (χ3n) is 2.91. The normalized spacial score (nSPS) is 24.4. The highest BCUT2D eigenvalue weighted by Crippen LogP contribution is 2.28. The smallest absolute Gasteiger partial charge is 0.238 e. The molecule has 0 aliphatic carbocycles. The first kappa shape index (κ1) is 11.5. The maximum atomic E-state index is 11.7. The Labute approximate surface area is 85.5 Å². The number of rotatable bonds is 3. The second-order valence-corrected chi connectivity index (χ2v) is 4.78. The third-order valence-corrected chi connectivity index (χ3v) is 2.91. The lowest BCUT2D eigenvalue weighted by molar-refractivity contribution is -0.139. The monoisotopic (exact) mass is 200 g/mol. The summed E-state index contributed by atoms with van der Waals surface area (Å²) in [4.78, 5) is 11.7. The van der Waals surface area contributed by atoms with Crippen molar-refractivity contribution in [1.29, 1.82) is 0 Å². The molecule has 1 unspecified atom stereocenters. The molecule has 1 atom stereocenters. The van der Waals surface area contributed by atoms with Crippen LogP contribution >= 0.6 is 0 Å². The molecule has 1 heterocycles. The third kappa shape index (κ3) is 2.07. The summed E-state index contributed by atoms with van der Waals surface area (Å²) in [5.74, 6) is 0.285. The van der Waals surface area contributed by atoms with Gasteiger partial charge in [0.1, 0.15) is 0 Å². The molecule has 4 nitrogen and oxygen atoms in total. The highest BCUT2D eigenvalue weighted by Gasteiger charge is 2.41. The lowest BCUT2D eigenvalue weighted by atomic mass is 10.0. The molecular weight excluding hydrogens is 180 g/mol. The molecule has 1 aliphatic heterocycles. The molecule has 4 heteroatoms. The van der Waals surface area contributed by atoms with E-state index in [4.69, 9.17) is 5.11 Å². The first-order valence-electron chi connectivity index (χ1n) is 5.03. The Balaban J connectivity index is 2.66. The number of amides is 1. The van der Waals surface area contributed by atoms with Crippen molar-refractivity contribution in [1.82, 2.24) is 10.0 Å². The summed E-state index contributed by atoms with van der Waals surface area (Å²) in [7, 11) is 1.93. The van der Waals surface area contributed by atoms with Gasteiger partial charge in [-0.3, -0.25) is 9.80 Å². The number of carbonyl (C=O) groups excluding carboxylic acids is 1. The van der Waals surface area contributed by atoms with Gasteiger partial charge < -0.3 is 5.11 Å². The van der Waals surface area contributed by atoms with Gasteiger partial charge in [-0.2, -0.15) is 0 Å². The fourth-order valence-electron chi connectivity index (χ4n) is 1.65. The van der Waals surface area contributed by atoms with E-state index in [1.165, 1.54) is 0 Å². The number of carbonyl (C=O) groups is 1. The zero-order chi connectivity index (χ0) is 10.9. The largest absolute Gasteiger partial charge is 0.396 e. The van der Waals surface area contributed by atoms with Crippen molar-refractivity contribution in [2.24, 2.45) is 5.92 Å². The van der Waals surface area contributed by atoms with E-state index in [2.05, 4.69) is 13.8 Å². The highest BCUT2D eigenvalue weighted by atomic mass is 16.3. The summed E-state index contributed by atoms with van der Waals surface area (Å²) in [6, 6.07) is 0. The lowest BCUT2D eigenvalue weighted by Crippen LogP contribution is -2.46. The van der Waals surface area contributed by atoms with Crippen molar-refractivity contribution in [3.63, 3.8) is 0 Å². The van der Waals surface area contributed by atoms with Crippen LogP contribution in [0, 0.1) is 5.92 Å². The van der Waals surface area contributed by atoms with Crippen LogP contribution in [0.4, 0.5) is 0 Å². The average Bonchev–Trinajstić information content (AvgIpc) is 2.28. The Morgan fingerprint density at radius 2 is 2.14 bits per heavy atom. The van der Waals surface area contributed by atoms with Crippen LogP contribution in [0.15, 0.2) is 0 Å². The van der Waals surface area contributed by atoms with Gasteiger partial charge in [0.25, 0.3) is 0 Å². The van der Waals surface area contributed by atoms with Gasteiger partial charge in [-0.05, 0) is 19.8 Å². The van der Waals surface area contributed by atoms with Crippen LogP contribution in [0.3, 0.4) is 0 Å².